The lowest BCUT2D eigenvalue weighted by molar-refractivity contribution is 1.54. The summed E-state index contributed by atoms with van der Waals surface area (Å²) in [6.45, 7) is 3.85. The molecule has 0 aliphatic heterocycles. The number of fused-ring (bicyclic) bond motifs is 3. The van der Waals surface area contributed by atoms with Crippen LogP contribution >= 0.6 is 0 Å². The second kappa shape index (κ2) is 2.99. The molecule has 0 saturated carbocycles. The summed E-state index contributed by atoms with van der Waals surface area (Å²) >= 11 is 0. The summed E-state index contributed by atoms with van der Waals surface area (Å²) in [5.74, 6) is 0. The molecule has 0 saturated heterocycles. The number of para-hydroxylation sites is 1. The minimum Gasteiger partial charge on any atom is -0.354 e. The lowest BCUT2D eigenvalue weighted by Crippen LogP contribution is -1.73. The highest BCUT2D eigenvalue weighted by atomic mass is 14.7. The summed E-state index contributed by atoms with van der Waals surface area (Å²) in [4.78, 5) is 3.40. The van der Waals surface area contributed by atoms with Crippen molar-refractivity contribution < 1.29 is 0 Å². The van der Waals surface area contributed by atoms with Crippen LogP contribution in [0.3, 0.4) is 0 Å². The zero-order chi connectivity index (χ0) is 10.3. The molecule has 0 aliphatic carbocycles. The number of hydrogen-bond donors (Lipinski definition) is 1. The average molecular weight is 193 g/mol. The van der Waals surface area contributed by atoms with E-state index >= 15 is 0 Å². The van der Waals surface area contributed by atoms with Gasteiger partial charge in [-0.1, -0.05) is 43.0 Å². The van der Waals surface area contributed by atoms with Crippen LogP contribution in [0.25, 0.3) is 27.9 Å². The van der Waals surface area contributed by atoms with E-state index in [9.17, 15) is 0 Å². The molecule has 0 radical (unpaired) electrons. The van der Waals surface area contributed by atoms with Crippen LogP contribution < -0.4 is 0 Å². The van der Waals surface area contributed by atoms with Gasteiger partial charge in [-0.3, -0.25) is 0 Å². The fraction of sp³-hybridized carbons (Fsp3) is 0. The Morgan fingerprint density at radius 1 is 0.933 bits per heavy atom. The van der Waals surface area contributed by atoms with Crippen molar-refractivity contribution in [3.63, 3.8) is 0 Å². The molecule has 0 bridgehead atoms. The Kier molecular flexibility index (Phi) is 1.65. The SMILES string of the molecule is C=Cc1cccc2[nH]c3ccccc3c12. The number of hydrogen-bond acceptors (Lipinski definition) is 0. The Morgan fingerprint density at radius 2 is 1.73 bits per heavy atom. The molecular weight excluding hydrogens is 182 g/mol. The molecule has 1 nitrogen and oxygen atoms in total. The Bertz CT molecular complexity index is 647. The lowest BCUT2D eigenvalue weighted by Gasteiger charge is -1.96. The fourth-order valence-corrected chi connectivity index (χ4v) is 2.10. The van der Waals surface area contributed by atoms with Gasteiger partial charge >= 0.3 is 0 Å². The van der Waals surface area contributed by atoms with Crippen LogP contribution in [0.5, 0.6) is 0 Å². The monoisotopic (exact) mass is 193 g/mol. The van der Waals surface area contributed by atoms with Gasteiger partial charge in [0.15, 0.2) is 0 Å². The van der Waals surface area contributed by atoms with E-state index in [0.717, 1.165) is 0 Å². The van der Waals surface area contributed by atoms with E-state index in [4.69, 9.17) is 0 Å². The summed E-state index contributed by atoms with van der Waals surface area (Å²) < 4.78 is 0. The molecule has 1 heterocycles. The van der Waals surface area contributed by atoms with E-state index in [1.807, 2.05) is 12.1 Å². The number of H-pyrrole nitrogens is 1. The predicted octanol–water partition coefficient (Wildman–Crippen LogP) is 3.96. The lowest BCUT2D eigenvalue weighted by atomic mass is 10.1. The highest BCUT2D eigenvalue weighted by molar-refractivity contribution is 6.10. The molecular formula is C14H11N. The summed E-state index contributed by atoms with van der Waals surface area (Å²) in [6.07, 6.45) is 1.91. The molecule has 72 valence electrons. The molecule has 1 N–H and O–H groups in total. The van der Waals surface area contributed by atoms with Crippen molar-refractivity contribution in [2.75, 3.05) is 0 Å². The van der Waals surface area contributed by atoms with Crippen molar-refractivity contribution in [1.82, 2.24) is 4.98 Å². The van der Waals surface area contributed by atoms with E-state index in [1.54, 1.807) is 0 Å². The Morgan fingerprint density at radius 3 is 2.60 bits per heavy atom. The molecule has 0 fully saturated rings. The molecule has 3 rings (SSSR count). The largest absolute Gasteiger partial charge is 0.354 e. The standard InChI is InChI=1S/C14H11N/c1-2-10-6-5-9-13-14(10)11-7-3-4-8-12(11)15-13/h2-9,15H,1H2. The van der Waals surface area contributed by atoms with Crippen molar-refractivity contribution in [3.05, 3.63) is 54.6 Å². The Hall–Kier alpha value is -2.02. The van der Waals surface area contributed by atoms with Crippen molar-refractivity contribution >= 4 is 27.9 Å². The molecule has 0 atom stereocenters. The Labute approximate surface area is 88.0 Å². The molecule has 0 spiro atoms. The molecule has 0 aliphatic rings. The molecule has 0 amide bonds. The number of aromatic amines is 1. The zero-order valence-electron chi connectivity index (χ0n) is 8.33. The first-order chi connectivity index (χ1) is 7.40. The van der Waals surface area contributed by atoms with Gasteiger partial charge in [-0.15, -0.1) is 0 Å². The normalized spacial score (nSPS) is 10.9. The third-order valence-electron chi connectivity index (χ3n) is 2.78. The maximum Gasteiger partial charge on any atom is 0.0470 e. The van der Waals surface area contributed by atoms with Crippen molar-refractivity contribution in [1.29, 1.82) is 0 Å². The van der Waals surface area contributed by atoms with Gasteiger partial charge in [-0.05, 0) is 17.7 Å². The van der Waals surface area contributed by atoms with Crippen LogP contribution in [0.4, 0.5) is 0 Å². The first-order valence-electron chi connectivity index (χ1n) is 5.02. The predicted molar refractivity (Wildman–Crippen MR) is 65.9 cm³/mol. The van der Waals surface area contributed by atoms with Crippen LogP contribution in [-0.2, 0) is 0 Å². The smallest absolute Gasteiger partial charge is 0.0470 e. The topological polar surface area (TPSA) is 15.8 Å². The van der Waals surface area contributed by atoms with Gasteiger partial charge in [0.2, 0.25) is 0 Å². The third kappa shape index (κ3) is 1.10. The number of rotatable bonds is 1. The van der Waals surface area contributed by atoms with E-state index in [-0.39, 0.29) is 0 Å². The van der Waals surface area contributed by atoms with E-state index in [2.05, 4.69) is 48.0 Å². The van der Waals surface area contributed by atoms with Gasteiger partial charge in [0.25, 0.3) is 0 Å². The summed E-state index contributed by atoms with van der Waals surface area (Å²) in [6, 6.07) is 14.6. The first-order valence-corrected chi connectivity index (χ1v) is 5.02. The number of benzene rings is 2. The first kappa shape index (κ1) is 8.30. The quantitative estimate of drug-likeness (QED) is 0.602. The van der Waals surface area contributed by atoms with Crippen molar-refractivity contribution in [2.45, 2.75) is 0 Å². The molecule has 3 aromatic rings. The zero-order valence-corrected chi connectivity index (χ0v) is 8.33. The van der Waals surface area contributed by atoms with E-state index < -0.39 is 0 Å². The van der Waals surface area contributed by atoms with Gasteiger partial charge in [-0.25, -0.2) is 0 Å². The van der Waals surface area contributed by atoms with Crippen molar-refractivity contribution in [3.8, 4) is 0 Å². The molecule has 15 heavy (non-hydrogen) atoms. The van der Waals surface area contributed by atoms with Gasteiger partial charge in [-0.2, -0.15) is 0 Å². The number of aromatic nitrogens is 1. The van der Waals surface area contributed by atoms with E-state index in [0.29, 0.717) is 0 Å². The maximum atomic E-state index is 3.85. The van der Waals surface area contributed by atoms with Crippen LogP contribution in [0.2, 0.25) is 0 Å². The molecule has 2 aromatic carbocycles. The second-order valence-corrected chi connectivity index (χ2v) is 3.64. The number of nitrogens with one attached hydrogen (secondary N) is 1. The van der Waals surface area contributed by atoms with Gasteiger partial charge in [0.05, 0.1) is 0 Å². The van der Waals surface area contributed by atoms with Crippen LogP contribution in [0.1, 0.15) is 5.56 Å². The fourth-order valence-electron chi connectivity index (χ4n) is 2.10. The minimum atomic E-state index is 1.17. The summed E-state index contributed by atoms with van der Waals surface area (Å²) in [5, 5.41) is 2.53. The maximum absolute atomic E-state index is 3.85. The van der Waals surface area contributed by atoms with Crippen LogP contribution in [0.15, 0.2) is 49.0 Å². The van der Waals surface area contributed by atoms with Crippen molar-refractivity contribution in [2.24, 2.45) is 0 Å². The molecule has 0 unspecified atom stereocenters. The highest BCUT2D eigenvalue weighted by Crippen LogP contribution is 2.28. The molecule has 1 heteroatoms. The van der Waals surface area contributed by atoms with Gasteiger partial charge in [0, 0.05) is 21.8 Å². The van der Waals surface area contributed by atoms with Gasteiger partial charge in [0.1, 0.15) is 0 Å². The van der Waals surface area contributed by atoms with Crippen LogP contribution in [0, 0.1) is 0 Å². The highest BCUT2D eigenvalue weighted by Gasteiger charge is 2.05. The third-order valence-corrected chi connectivity index (χ3v) is 2.78. The summed E-state index contributed by atoms with van der Waals surface area (Å²) in [5.41, 5.74) is 3.54. The minimum absolute atomic E-state index is 1.17. The van der Waals surface area contributed by atoms with E-state index in [1.165, 1.54) is 27.4 Å². The Balaban J connectivity index is 2.62. The van der Waals surface area contributed by atoms with Gasteiger partial charge < -0.3 is 4.98 Å². The second-order valence-electron chi connectivity index (χ2n) is 3.64. The summed E-state index contributed by atoms with van der Waals surface area (Å²) in [7, 11) is 0. The van der Waals surface area contributed by atoms with Crippen LogP contribution in [-0.4, -0.2) is 4.98 Å². The molecule has 1 aromatic heterocycles. The average Bonchev–Trinajstić information content (AvgIpc) is 2.67.